The van der Waals surface area contributed by atoms with Crippen LogP contribution in [-0.4, -0.2) is 24.8 Å². The highest BCUT2D eigenvalue weighted by atomic mass is 19.1. The molecule has 0 saturated heterocycles. The molecular weight excluding hydrogens is 233 g/mol. The molecule has 0 saturated carbocycles. The minimum Gasteiger partial charge on any atom is -0.459 e. The van der Waals surface area contributed by atoms with Gasteiger partial charge >= 0.3 is 0 Å². The molecule has 1 atom stereocenters. The summed E-state index contributed by atoms with van der Waals surface area (Å²) in [5.41, 5.74) is 0.422. The van der Waals surface area contributed by atoms with E-state index in [1.165, 1.54) is 12.1 Å². The van der Waals surface area contributed by atoms with Gasteiger partial charge in [0.2, 0.25) is 0 Å². The first-order valence-electron chi connectivity index (χ1n) is 5.44. The maximum Gasteiger partial charge on any atom is 0.144 e. The minimum absolute atomic E-state index is 0.308. The van der Waals surface area contributed by atoms with Crippen LogP contribution in [0.3, 0.4) is 0 Å². The maximum atomic E-state index is 13.5. The molecule has 3 nitrogen and oxygen atoms in total. The van der Waals surface area contributed by atoms with Crippen LogP contribution < -0.4 is 0 Å². The molecule has 1 heterocycles. The number of hydrogen-bond acceptors (Lipinski definition) is 3. The summed E-state index contributed by atoms with van der Waals surface area (Å²) in [7, 11) is 1.71. The Morgan fingerprint density at radius 1 is 1.61 bits per heavy atom. The lowest BCUT2D eigenvalue weighted by molar-refractivity contribution is -0.112. The minimum atomic E-state index is -0.604. The normalized spacial score (nSPS) is 12.6. The molecule has 0 aliphatic carbocycles. The topological polar surface area (TPSA) is 33.5 Å². The Morgan fingerprint density at radius 3 is 3.00 bits per heavy atom. The number of terminal acetylenes is 1. The predicted molar refractivity (Wildman–Crippen MR) is 66.4 cm³/mol. The van der Waals surface area contributed by atoms with E-state index in [1.807, 2.05) is 0 Å². The van der Waals surface area contributed by atoms with Crippen LogP contribution in [0.1, 0.15) is 11.8 Å². The fraction of sp³-hybridized carbons (Fsp3) is 0.214. The molecule has 2 aromatic rings. The van der Waals surface area contributed by atoms with Crippen LogP contribution in [0.5, 0.6) is 0 Å². The lowest BCUT2D eigenvalue weighted by Gasteiger charge is -2.18. The Bertz CT molecular complexity index is 612. The number of aldehydes is 1. The van der Waals surface area contributed by atoms with Crippen molar-refractivity contribution in [2.45, 2.75) is 6.04 Å². The SMILES string of the molecule is C#CCN(C)C(C=O)c1cc2c(F)cccc2o1. The van der Waals surface area contributed by atoms with Crippen LogP contribution >= 0.6 is 0 Å². The third kappa shape index (κ3) is 2.13. The highest BCUT2D eigenvalue weighted by Gasteiger charge is 2.20. The van der Waals surface area contributed by atoms with Gasteiger partial charge in [-0.15, -0.1) is 6.42 Å². The number of rotatable bonds is 4. The van der Waals surface area contributed by atoms with Gasteiger partial charge in [0.15, 0.2) is 0 Å². The van der Waals surface area contributed by atoms with Gasteiger partial charge in [-0.25, -0.2) is 4.39 Å². The van der Waals surface area contributed by atoms with Crippen molar-refractivity contribution in [3.05, 3.63) is 35.8 Å². The van der Waals surface area contributed by atoms with Gasteiger partial charge in [-0.2, -0.15) is 0 Å². The van der Waals surface area contributed by atoms with Crippen LogP contribution in [-0.2, 0) is 4.79 Å². The Morgan fingerprint density at radius 2 is 2.39 bits per heavy atom. The Balaban J connectivity index is 2.43. The number of carbonyl (C=O) groups excluding carboxylic acids is 1. The lowest BCUT2D eigenvalue weighted by atomic mass is 10.2. The van der Waals surface area contributed by atoms with E-state index in [0.29, 0.717) is 23.3 Å². The quantitative estimate of drug-likeness (QED) is 0.612. The Labute approximate surface area is 104 Å². The van der Waals surface area contributed by atoms with Gasteiger partial charge < -0.3 is 9.21 Å². The smallest absolute Gasteiger partial charge is 0.144 e. The summed E-state index contributed by atoms with van der Waals surface area (Å²) >= 11 is 0. The number of fused-ring (bicyclic) bond motifs is 1. The number of furan rings is 1. The average Bonchev–Trinajstić information content (AvgIpc) is 2.75. The highest BCUT2D eigenvalue weighted by Crippen LogP contribution is 2.27. The molecule has 0 bridgehead atoms. The van der Waals surface area contributed by atoms with Crippen LogP contribution in [0.25, 0.3) is 11.0 Å². The molecule has 4 heteroatoms. The summed E-state index contributed by atoms with van der Waals surface area (Å²) in [4.78, 5) is 12.8. The molecule has 2 rings (SSSR count). The van der Waals surface area contributed by atoms with Gasteiger partial charge in [-0.3, -0.25) is 4.90 Å². The van der Waals surface area contributed by atoms with Crippen molar-refractivity contribution in [1.29, 1.82) is 0 Å². The van der Waals surface area contributed by atoms with E-state index in [9.17, 15) is 9.18 Å². The van der Waals surface area contributed by atoms with Crippen LogP contribution in [0.15, 0.2) is 28.7 Å². The molecular formula is C14H12FNO2. The molecule has 0 aliphatic rings. The first kappa shape index (κ1) is 12.3. The Hall–Kier alpha value is -2.12. The number of likely N-dealkylation sites (N-methyl/N-ethyl adjacent to an activating group) is 1. The van der Waals surface area contributed by atoms with Crippen LogP contribution in [0.4, 0.5) is 4.39 Å². The van der Waals surface area contributed by atoms with Gasteiger partial charge in [0.25, 0.3) is 0 Å². The largest absolute Gasteiger partial charge is 0.459 e. The third-order valence-electron chi connectivity index (χ3n) is 2.76. The second-order valence-corrected chi connectivity index (χ2v) is 4.00. The van der Waals surface area contributed by atoms with E-state index in [2.05, 4.69) is 5.92 Å². The summed E-state index contributed by atoms with van der Waals surface area (Å²) in [5, 5.41) is 0.369. The van der Waals surface area contributed by atoms with Crippen molar-refractivity contribution in [2.75, 3.05) is 13.6 Å². The van der Waals surface area contributed by atoms with Crippen molar-refractivity contribution in [3.63, 3.8) is 0 Å². The summed E-state index contributed by atoms with van der Waals surface area (Å²) in [6.45, 7) is 0.308. The number of carbonyl (C=O) groups is 1. The van der Waals surface area contributed by atoms with Gasteiger partial charge in [0, 0.05) is 0 Å². The molecule has 92 valence electrons. The van der Waals surface area contributed by atoms with E-state index in [0.717, 1.165) is 6.29 Å². The van der Waals surface area contributed by atoms with E-state index in [-0.39, 0.29) is 5.82 Å². The summed E-state index contributed by atoms with van der Waals surface area (Å²) in [6, 6.07) is 5.50. The van der Waals surface area contributed by atoms with E-state index < -0.39 is 6.04 Å². The fourth-order valence-electron chi connectivity index (χ4n) is 1.82. The molecule has 0 amide bonds. The zero-order valence-electron chi connectivity index (χ0n) is 9.89. The van der Waals surface area contributed by atoms with Crippen molar-refractivity contribution in [2.24, 2.45) is 0 Å². The lowest BCUT2D eigenvalue weighted by Crippen LogP contribution is -2.25. The van der Waals surface area contributed by atoms with Crippen LogP contribution in [0, 0.1) is 18.2 Å². The van der Waals surface area contributed by atoms with Crippen molar-refractivity contribution >= 4 is 17.3 Å². The standard InChI is InChI=1S/C14H12FNO2/c1-3-7-16(2)12(9-17)14-8-10-11(15)5-4-6-13(10)18-14/h1,4-6,8-9,12H,7H2,2H3. The molecule has 18 heavy (non-hydrogen) atoms. The molecule has 0 radical (unpaired) electrons. The van der Waals surface area contributed by atoms with Gasteiger partial charge in [-0.1, -0.05) is 12.0 Å². The predicted octanol–water partition coefficient (Wildman–Crippen LogP) is 2.38. The number of halogens is 1. The summed E-state index contributed by atoms with van der Waals surface area (Å²) < 4.78 is 19.0. The molecule has 0 fully saturated rings. The van der Waals surface area contributed by atoms with E-state index in [1.54, 1.807) is 24.1 Å². The van der Waals surface area contributed by atoms with Crippen LogP contribution in [0.2, 0.25) is 0 Å². The molecule has 1 unspecified atom stereocenters. The molecule has 1 aromatic heterocycles. The average molecular weight is 245 g/mol. The van der Waals surface area contributed by atoms with Gasteiger partial charge in [-0.05, 0) is 25.2 Å². The maximum absolute atomic E-state index is 13.5. The van der Waals surface area contributed by atoms with Crippen molar-refractivity contribution in [1.82, 2.24) is 4.90 Å². The third-order valence-corrected chi connectivity index (χ3v) is 2.76. The van der Waals surface area contributed by atoms with E-state index in [4.69, 9.17) is 10.8 Å². The first-order valence-corrected chi connectivity index (χ1v) is 5.44. The molecule has 1 aromatic carbocycles. The number of benzene rings is 1. The monoisotopic (exact) mass is 245 g/mol. The zero-order chi connectivity index (χ0) is 13.1. The first-order chi connectivity index (χ1) is 8.67. The molecule has 0 aliphatic heterocycles. The molecule has 0 N–H and O–H groups in total. The Kier molecular flexibility index (Phi) is 3.45. The van der Waals surface area contributed by atoms with Crippen molar-refractivity contribution in [3.8, 4) is 12.3 Å². The number of hydrogen-bond donors (Lipinski definition) is 0. The summed E-state index contributed by atoms with van der Waals surface area (Å²) in [5.74, 6) is 2.47. The fourth-order valence-corrected chi connectivity index (χ4v) is 1.82. The summed E-state index contributed by atoms with van der Waals surface area (Å²) in [6.07, 6.45) is 5.93. The highest BCUT2D eigenvalue weighted by molar-refractivity contribution is 5.79. The zero-order valence-corrected chi connectivity index (χ0v) is 9.89. The van der Waals surface area contributed by atoms with Crippen molar-refractivity contribution < 1.29 is 13.6 Å². The number of nitrogens with zero attached hydrogens (tertiary/aromatic N) is 1. The van der Waals surface area contributed by atoms with E-state index >= 15 is 0 Å². The van der Waals surface area contributed by atoms with Gasteiger partial charge in [0.1, 0.15) is 29.5 Å². The second kappa shape index (κ2) is 5.03. The van der Waals surface area contributed by atoms with Gasteiger partial charge in [0.05, 0.1) is 11.9 Å². The second-order valence-electron chi connectivity index (χ2n) is 4.00. The molecule has 0 spiro atoms.